The Bertz CT molecular complexity index is 782. The van der Waals surface area contributed by atoms with Crippen LogP contribution in [0.15, 0.2) is 54.6 Å². The first-order valence-electron chi connectivity index (χ1n) is 7.84. The van der Waals surface area contributed by atoms with Crippen molar-refractivity contribution in [3.63, 3.8) is 0 Å². The Balaban J connectivity index is 1.75. The lowest BCUT2D eigenvalue weighted by Crippen LogP contribution is -2.64. The number of carbonyl (C=O) groups is 1. The number of amides is 1. The zero-order valence-corrected chi connectivity index (χ0v) is 12.9. The van der Waals surface area contributed by atoms with E-state index >= 15 is 0 Å². The number of rotatable bonds is 3. The van der Waals surface area contributed by atoms with Crippen LogP contribution in [0.2, 0.25) is 0 Å². The van der Waals surface area contributed by atoms with Gasteiger partial charge in [-0.05, 0) is 24.1 Å². The molecule has 2 atom stereocenters. The molecule has 0 radical (unpaired) electrons. The largest absolute Gasteiger partial charge is 0.380 e. The van der Waals surface area contributed by atoms with Crippen molar-refractivity contribution in [1.82, 2.24) is 0 Å². The molecule has 2 fully saturated rings. The van der Waals surface area contributed by atoms with E-state index in [4.69, 9.17) is 4.74 Å². The molecule has 0 bridgehead atoms. The van der Waals surface area contributed by atoms with Crippen LogP contribution in [0.25, 0.3) is 0 Å². The number of nitro groups is 1. The number of hydrogen-bond acceptors (Lipinski definition) is 4. The Morgan fingerprint density at radius 3 is 2.42 bits per heavy atom. The molecule has 2 aliphatic heterocycles. The number of hydrogen-bond donors (Lipinski definition) is 0. The van der Waals surface area contributed by atoms with Gasteiger partial charge >= 0.3 is 0 Å². The van der Waals surface area contributed by atoms with Crippen molar-refractivity contribution in [3.05, 3.63) is 70.3 Å². The summed E-state index contributed by atoms with van der Waals surface area (Å²) in [5.41, 5.74) is 1.23. The van der Waals surface area contributed by atoms with Crippen LogP contribution in [0.4, 0.5) is 11.4 Å². The zero-order valence-electron chi connectivity index (χ0n) is 12.9. The number of carbonyl (C=O) groups excluding carboxylic acids is 1. The summed E-state index contributed by atoms with van der Waals surface area (Å²) in [6.45, 7) is 0.967. The van der Waals surface area contributed by atoms with Crippen LogP contribution in [0.5, 0.6) is 0 Å². The standard InChI is InChI=1S/C18H16N2O4/c21-17-18(10-11-24-12-18)16(19(17)14-4-2-1-3-5-14)13-6-8-15(9-7-13)20(22)23/h1-9,16H,10-12H2/t16-,18-/m0/s1. The van der Waals surface area contributed by atoms with Gasteiger partial charge in [0.05, 0.1) is 17.6 Å². The molecule has 122 valence electrons. The minimum Gasteiger partial charge on any atom is -0.380 e. The van der Waals surface area contributed by atoms with Crippen molar-refractivity contribution in [2.45, 2.75) is 12.5 Å². The summed E-state index contributed by atoms with van der Waals surface area (Å²) in [7, 11) is 0. The Morgan fingerprint density at radius 2 is 1.83 bits per heavy atom. The second-order valence-electron chi connectivity index (χ2n) is 6.22. The summed E-state index contributed by atoms with van der Waals surface area (Å²) in [5.74, 6) is 0.0644. The lowest BCUT2D eigenvalue weighted by atomic mass is 9.67. The van der Waals surface area contributed by atoms with E-state index in [-0.39, 0.29) is 17.6 Å². The highest BCUT2D eigenvalue weighted by Gasteiger charge is 2.63. The van der Waals surface area contributed by atoms with Gasteiger partial charge in [-0.2, -0.15) is 0 Å². The number of para-hydroxylation sites is 1. The lowest BCUT2D eigenvalue weighted by Gasteiger charge is -2.54. The zero-order chi connectivity index (χ0) is 16.7. The van der Waals surface area contributed by atoms with Gasteiger partial charge in [0, 0.05) is 24.4 Å². The number of benzene rings is 2. The number of nitrogens with zero attached hydrogens (tertiary/aromatic N) is 2. The number of non-ortho nitro benzene ring substituents is 1. The first kappa shape index (κ1) is 14.8. The van der Waals surface area contributed by atoms with Crippen molar-refractivity contribution in [1.29, 1.82) is 0 Å². The van der Waals surface area contributed by atoms with Gasteiger partial charge in [-0.3, -0.25) is 14.9 Å². The first-order chi connectivity index (χ1) is 11.6. The van der Waals surface area contributed by atoms with Crippen LogP contribution in [0.1, 0.15) is 18.0 Å². The quantitative estimate of drug-likeness (QED) is 0.494. The predicted octanol–water partition coefficient (Wildman–Crippen LogP) is 3.09. The van der Waals surface area contributed by atoms with E-state index in [0.29, 0.717) is 19.6 Å². The summed E-state index contributed by atoms with van der Waals surface area (Å²) in [6, 6.07) is 15.8. The van der Waals surface area contributed by atoms with Gasteiger partial charge in [-0.1, -0.05) is 30.3 Å². The van der Waals surface area contributed by atoms with E-state index in [2.05, 4.69) is 0 Å². The Kier molecular flexibility index (Phi) is 3.35. The van der Waals surface area contributed by atoms with Gasteiger partial charge in [-0.15, -0.1) is 0 Å². The lowest BCUT2D eigenvalue weighted by molar-refractivity contribution is -0.384. The molecule has 4 rings (SSSR count). The van der Waals surface area contributed by atoms with Crippen LogP contribution in [0.3, 0.4) is 0 Å². The molecule has 0 aromatic heterocycles. The van der Waals surface area contributed by atoms with Gasteiger partial charge in [0.1, 0.15) is 5.41 Å². The predicted molar refractivity (Wildman–Crippen MR) is 87.6 cm³/mol. The Labute approximate surface area is 138 Å². The second-order valence-corrected chi connectivity index (χ2v) is 6.22. The van der Waals surface area contributed by atoms with E-state index in [1.165, 1.54) is 12.1 Å². The maximum atomic E-state index is 12.9. The fourth-order valence-electron chi connectivity index (χ4n) is 3.72. The van der Waals surface area contributed by atoms with Crippen molar-refractivity contribution >= 4 is 17.3 Å². The highest BCUT2D eigenvalue weighted by molar-refractivity contribution is 6.06. The molecule has 0 unspecified atom stereocenters. The molecule has 2 heterocycles. The minimum absolute atomic E-state index is 0.0485. The fraction of sp³-hybridized carbons (Fsp3) is 0.278. The number of β-lactam (4-membered cyclic amide) rings is 1. The molecular formula is C18H16N2O4. The Morgan fingerprint density at radius 1 is 1.12 bits per heavy atom. The van der Waals surface area contributed by atoms with Gasteiger partial charge < -0.3 is 9.64 Å². The molecule has 1 spiro atoms. The number of ether oxygens (including phenoxy) is 1. The average molecular weight is 324 g/mol. The van der Waals surface area contributed by atoms with Gasteiger partial charge in [0.15, 0.2) is 0 Å². The molecule has 0 aliphatic carbocycles. The van der Waals surface area contributed by atoms with Crippen LogP contribution >= 0.6 is 0 Å². The Hall–Kier alpha value is -2.73. The summed E-state index contributed by atoms with van der Waals surface area (Å²) in [5, 5.41) is 10.9. The van der Waals surface area contributed by atoms with Gasteiger partial charge in [0.25, 0.3) is 5.69 Å². The first-order valence-corrected chi connectivity index (χ1v) is 7.84. The van der Waals surface area contributed by atoms with Crippen LogP contribution in [0, 0.1) is 15.5 Å². The minimum atomic E-state index is -0.550. The molecule has 0 N–H and O–H groups in total. The highest BCUT2D eigenvalue weighted by Crippen LogP contribution is 2.56. The van der Waals surface area contributed by atoms with Gasteiger partial charge in [-0.25, -0.2) is 0 Å². The maximum Gasteiger partial charge on any atom is 0.269 e. The smallest absolute Gasteiger partial charge is 0.269 e. The highest BCUT2D eigenvalue weighted by atomic mass is 16.6. The second kappa shape index (κ2) is 5.42. The molecule has 2 saturated heterocycles. The molecule has 0 saturated carbocycles. The fourth-order valence-corrected chi connectivity index (χ4v) is 3.72. The molecule has 2 aromatic carbocycles. The SMILES string of the molecule is O=C1N(c2ccccc2)[C@@H](c2ccc([N+](=O)[O-])cc2)[C@@]12CCOC2. The van der Waals surface area contributed by atoms with Crippen LogP contribution < -0.4 is 4.90 Å². The third kappa shape index (κ3) is 2.03. The van der Waals surface area contributed by atoms with Gasteiger partial charge in [0.2, 0.25) is 5.91 Å². The summed E-state index contributed by atoms with van der Waals surface area (Å²) in [6.07, 6.45) is 0.677. The average Bonchev–Trinajstić information content (AvgIpc) is 3.12. The van der Waals surface area contributed by atoms with E-state index in [0.717, 1.165) is 11.3 Å². The third-order valence-electron chi connectivity index (χ3n) is 4.93. The van der Waals surface area contributed by atoms with Crippen molar-refractivity contribution < 1.29 is 14.5 Å². The monoisotopic (exact) mass is 324 g/mol. The molecule has 6 nitrogen and oxygen atoms in total. The molecule has 24 heavy (non-hydrogen) atoms. The van der Waals surface area contributed by atoms with E-state index in [1.807, 2.05) is 30.3 Å². The topological polar surface area (TPSA) is 72.7 Å². The molecular weight excluding hydrogens is 308 g/mol. The van der Waals surface area contributed by atoms with Crippen molar-refractivity contribution in [2.75, 3.05) is 18.1 Å². The third-order valence-corrected chi connectivity index (χ3v) is 4.93. The summed E-state index contributed by atoms with van der Waals surface area (Å²) >= 11 is 0. The molecule has 6 heteroatoms. The number of anilines is 1. The van der Waals surface area contributed by atoms with E-state index < -0.39 is 10.3 Å². The number of nitro benzene ring substituents is 1. The van der Waals surface area contributed by atoms with E-state index in [1.54, 1.807) is 17.0 Å². The van der Waals surface area contributed by atoms with E-state index in [9.17, 15) is 14.9 Å². The molecule has 1 amide bonds. The molecule has 2 aromatic rings. The summed E-state index contributed by atoms with van der Waals surface area (Å²) < 4.78 is 5.51. The molecule has 2 aliphatic rings. The normalized spacial score (nSPS) is 25.8. The summed E-state index contributed by atoms with van der Waals surface area (Å²) in [4.78, 5) is 25.1. The van der Waals surface area contributed by atoms with Crippen LogP contribution in [-0.4, -0.2) is 24.0 Å². The van der Waals surface area contributed by atoms with Crippen molar-refractivity contribution in [2.24, 2.45) is 5.41 Å². The van der Waals surface area contributed by atoms with Crippen molar-refractivity contribution in [3.8, 4) is 0 Å². The maximum absolute atomic E-state index is 12.9. The van der Waals surface area contributed by atoms with Crippen LogP contribution in [-0.2, 0) is 9.53 Å².